The van der Waals surface area contributed by atoms with Gasteiger partial charge in [0.05, 0.1) is 11.0 Å². The van der Waals surface area contributed by atoms with Crippen LogP contribution in [0.25, 0.3) is 16.6 Å². The van der Waals surface area contributed by atoms with Crippen molar-refractivity contribution in [1.29, 1.82) is 0 Å². The Morgan fingerprint density at radius 3 is 2.69 bits per heavy atom. The number of fused-ring (bicyclic) bond motifs is 3. The molecule has 1 aliphatic carbocycles. The molecule has 4 rings (SSSR count). The fourth-order valence-corrected chi connectivity index (χ4v) is 3.91. The molecule has 0 radical (unpaired) electrons. The summed E-state index contributed by atoms with van der Waals surface area (Å²) in [6, 6.07) is 7.95. The van der Waals surface area contributed by atoms with Crippen LogP contribution in [0.2, 0.25) is 0 Å². The second-order valence-corrected chi connectivity index (χ2v) is 7.31. The van der Waals surface area contributed by atoms with Crippen LogP contribution in [0.15, 0.2) is 41.3 Å². The largest absolute Gasteiger partial charge is 0.352 e. The van der Waals surface area contributed by atoms with Gasteiger partial charge in [-0.15, -0.1) is 0 Å². The highest BCUT2D eigenvalue weighted by atomic mass is 19.1. The first-order valence-corrected chi connectivity index (χ1v) is 9.11. The molecule has 6 heteroatoms. The van der Waals surface area contributed by atoms with E-state index in [4.69, 9.17) is 0 Å². The molecule has 0 aliphatic heterocycles. The van der Waals surface area contributed by atoms with Crippen LogP contribution < -0.4 is 10.9 Å². The first-order valence-electron chi connectivity index (χ1n) is 9.11. The van der Waals surface area contributed by atoms with E-state index in [-0.39, 0.29) is 24.1 Å². The van der Waals surface area contributed by atoms with Crippen LogP contribution in [0.5, 0.6) is 0 Å². The summed E-state index contributed by atoms with van der Waals surface area (Å²) in [7, 11) is 0. The predicted molar refractivity (Wildman–Crippen MR) is 98.7 cm³/mol. The van der Waals surface area contributed by atoms with E-state index in [9.17, 15) is 14.0 Å². The number of rotatable bonds is 3. The number of halogens is 1. The lowest BCUT2D eigenvalue weighted by atomic mass is 9.87. The normalized spacial score (nSPS) is 20.5. The number of hydrogen-bond acceptors (Lipinski definition) is 2. The van der Waals surface area contributed by atoms with Crippen LogP contribution in [-0.2, 0) is 11.3 Å². The van der Waals surface area contributed by atoms with E-state index in [1.54, 1.807) is 28.8 Å². The molecule has 0 unspecified atom stereocenters. The third-order valence-corrected chi connectivity index (χ3v) is 5.38. The molecule has 1 saturated carbocycles. The molecule has 1 fully saturated rings. The van der Waals surface area contributed by atoms with E-state index in [0.29, 0.717) is 22.5 Å². The van der Waals surface area contributed by atoms with E-state index in [1.807, 2.05) is 0 Å². The Labute approximate surface area is 150 Å². The number of amides is 1. The Morgan fingerprint density at radius 2 is 1.92 bits per heavy atom. The Hall–Kier alpha value is -2.63. The highest BCUT2D eigenvalue weighted by molar-refractivity contribution is 5.82. The topological polar surface area (TPSA) is 55.5 Å². The SMILES string of the molecule is CC1CCC(NC(=O)Cn2c(=O)c3cccn3c3ccc(F)cc32)CC1. The fourth-order valence-electron chi connectivity index (χ4n) is 3.91. The van der Waals surface area contributed by atoms with Gasteiger partial charge >= 0.3 is 0 Å². The Balaban J connectivity index is 1.68. The van der Waals surface area contributed by atoms with Crippen molar-refractivity contribution in [3.63, 3.8) is 0 Å². The standard InChI is InChI=1S/C20H22FN3O2/c1-13-4-7-15(8-5-13)22-19(25)12-24-18-11-14(21)6-9-16(18)23-10-2-3-17(23)20(24)26/h2-3,6,9-11,13,15H,4-5,7-8,12H2,1H3,(H,22,25). The molecule has 136 valence electrons. The fraction of sp³-hybridized carbons (Fsp3) is 0.400. The second kappa shape index (κ2) is 6.59. The average molecular weight is 355 g/mol. The number of carbonyl (C=O) groups excluding carboxylic acids is 1. The molecular formula is C20H22FN3O2. The van der Waals surface area contributed by atoms with Gasteiger partial charge in [-0.25, -0.2) is 4.39 Å². The highest BCUT2D eigenvalue weighted by Gasteiger charge is 2.21. The summed E-state index contributed by atoms with van der Waals surface area (Å²) in [4.78, 5) is 25.4. The van der Waals surface area contributed by atoms with E-state index >= 15 is 0 Å². The monoisotopic (exact) mass is 355 g/mol. The van der Waals surface area contributed by atoms with Crippen LogP contribution in [0.3, 0.4) is 0 Å². The van der Waals surface area contributed by atoms with Crippen LogP contribution in [0.1, 0.15) is 32.6 Å². The van der Waals surface area contributed by atoms with Crippen LogP contribution in [-0.4, -0.2) is 20.9 Å². The van der Waals surface area contributed by atoms with Crippen molar-refractivity contribution < 1.29 is 9.18 Å². The van der Waals surface area contributed by atoms with E-state index < -0.39 is 5.82 Å². The molecule has 26 heavy (non-hydrogen) atoms. The maximum Gasteiger partial charge on any atom is 0.275 e. The summed E-state index contributed by atoms with van der Waals surface area (Å²) in [5.41, 5.74) is 1.31. The van der Waals surface area contributed by atoms with Gasteiger partial charge in [0.15, 0.2) is 0 Å². The number of nitrogens with one attached hydrogen (secondary N) is 1. The molecule has 3 aromatic rings. The van der Waals surface area contributed by atoms with Gasteiger partial charge < -0.3 is 9.72 Å². The maximum atomic E-state index is 13.8. The van der Waals surface area contributed by atoms with Crippen LogP contribution in [0, 0.1) is 11.7 Å². The molecular weight excluding hydrogens is 333 g/mol. The lowest BCUT2D eigenvalue weighted by molar-refractivity contribution is -0.122. The first kappa shape index (κ1) is 16.8. The van der Waals surface area contributed by atoms with Crippen molar-refractivity contribution >= 4 is 22.5 Å². The van der Waals surface area contributed by atoms with Gasteiger partial charge in [0.25, 0.3) is 5.56 Å². The number of aromatic nitrogens is 2. The van der Waals surface area contributed by atoms with Gasteiger partial charge in [-0.05, 0) is 61.9 Å². The van der Waals surface area contributed by atoms with Gasteiger partial charge in [0, 0.05) is 12.2 Å². The minimum atomic E-state index is -0.432. The molecule has 0 saturated heterocycles. The molecule has 5 nitrogen and oxygen atoms in total. The van der Waals surface area contributed by atoms with Gasteiger partial charge in [-0.2, -0.15) is 0 Å². The molecule has 0 spiro atoms. The molecule has 0 bridgehead atoms. The van der Waals surface area contributed by atoms with Crippen LogP contribution in [0.4, 0.5) is 4.39 Å². The van der Waals surface area contributed by atoms with Crippen LogP contribution >= 0.6 is 0 Å². The van der Waals surface area contributed by atoms with E-state index in [1.165, 1.54) is 16.7 Å². The van der Waals surface area contributed by atoms with Crippen molar-refractivity contribution in [3.05, 3.63) is 52.7 Å². The smallest absolute Gasteiger partial charge is 0.275 e. The summed E-state index contributed by atoms with van der Waals surface area (Å²) in [6.45, 7) is 2.12. The summed E-state index contributed by atoms with van der Waals surface area (Å²) >= 11 is 0. The average Bonchev–Trinajstić information content (AvgIpc) is 3.10. The molecule has 1 N–H and O–H groups in total. The minimum absolute atomic E-state index is 0.105. The summed E-state index contributed by atoms with van der Waals surface area (Å²) in [5.74, 6) is 0.0708. The number of nitrogens with zero attached hydrogens (tertiary/aromatic N) is 2. The number of carbonyl (C=O) groups is 1. The van der Waals surface area contributed by atoms with Gasteiger partial charge in [-0.1, -0.05) is 6.92 Å². The molecule has 0 atom stereocenters. The third-order valence-electron chi connectivity index (χ3n) is 5.38. The quantitative estimate of drug-likeness (QED) is 0.785. The van der Waals surface area contributed by atoms with E-state index in [2.05, 4.69) is 12.2 Å². The summed E-state index contributed by atoms with van der Waals surface area (Å²) < 4.78 is 16.9. The Bertz CT molecular complexity index is 1030. The molecule has 1 aliphatic rings. The number of hydrogen-bond donors (Lipinski definition) is 1. The van der Waals surface area contributed by atoms with E-state index in [0.717, 1.165) is 25.7 Å². The Morgan fingerprint density at radius 1 is 1.15 bits per heavy atom. The molecule has 1 aromatic carbocycles. The van der Waals surface area contributed by atoms with Crippen molar-refractivity contribution in [3.8, 4) is 0 Å². The molecule has 2 aromatic heterocycles. The van der Waals surface area contributed by atoms with Gasteiger partial charge in [0.1, 0.15) is 17.9 Å². The molecule has 2 heterocycles. The second-order valence-electron chi connectivity index (χ2n) is 7.31. The summed E-state index contributed by atoms with van der Waals surface area (Å²) in [5, 5.41) is 3.04. The van der Waals surface area contributed by atoms with Crippen molar-refractivity contribution in [2.45, 2.75) is 45.2 Å². The third kappa shape index (κ3) is 3.00. The van der Waals surface area contributed by atoms with Crippen molar-refractivity contribution in [2.24, 2.45) is 5.92 Å². The predicted octanol–water partition coefficient (Wildman–Crippen LogP) is 3.09. The highest BCUT2D eigenvalue weighted by Crippen LogP contribution is 2.23. The van der Waals surface area contributed by atoms with Gasteiger partial charge in [-0.3, -0.25) is 14.2 Å². The zero-order valence-corrected chi connectivity index (χ0v) is 14.7. The maximum absolute atomic E-state index is 13.8. The lowest BCUT2D eigenvalue weighted by Gasteiger charge is -2.27. The summed E-state index contributed by atoms with van der Waals surface area (Å²) in [6.07, 6.45) is 5.92. The first-order chi connectivity index (χ1) is 12.5. The van der Waals surface area contributed by atoms with Crippen molar-refractivity contribution in [2.75, 3.05) is 0 Å². The zero-order valence-electron chi connectivity index (χ0n) is 14.7. The Kier molecular flexibility index (Phi) is 4.26. The minimum Gasteiger partial charge on any atom is -0.352 e. The number of benzene rings is 1. The van der Waals surface area contributed by atoms with Gasteiger partial charge in [0.2, 0.25) is 5.91 Å². The van der Waals surface area contributed by atoms with Crippen molar-refractivity contribution in [1.82, 2.24) is 14.3 Å². The lowest BCUT2D eigenvalue weighted by Crippen LogP contribution is -2.40. The molecule has 1 amide bonds. The zero-order chi connectivity index (χ0) is 18.3.